The molecule has 2 heterocycles. The molecule has 0 aliphatic carbocycles. The predicted octanol–water partition coefficient (Wildman–Crippen LogP) is 1.26. The number of amides is 2. The quantitative estimate of drug-likeness (QED) is 0.764. The van der Waals surface area contributed by atoms with Crippen molar-refractivity contribution in [1.29, 1.82) is 0 Å². The Morgan fingerprint density at radius 3 is 2.54 bits per heavy atom. The molecule has 0 radical (unpaired) electrons. The standard InChI is InChI=1S/C19H22BrN3O3/c1-14(15-4-6-16(20)7-5-15)21-18(24)13-22-8-10-23(11-9-22)19(25)17-3-2-12-26-17/h2-7,12,14H,8-11,13H2,1H3,(H,21,24)/p+1/t14-/m1/s1. The number of carbonyl (C=O) groups is 2. The number of nitrogens with zero attached hydrogens (tertiary/aromatic N) is 1. The molecule has 7 heteroatoms. The highest BCUT2D eigenvalue weighted by molar-refractivity contribution is 9.10. The van der Waals surface area contributed by atoms with Crippen LogP contribution >= 0.6 is 15.9 Å². The minimum absolute atomic E-state index is 0.0289. The topological polar surface area (TPSA) is 67.0 Å². The van der Waals surface area contributed by atoms with Crippen molar-refractivity contribution in [3.05, 3.63) is 58.5 Å². The first-order valence-corrected chi connectivity index (χ1v) is 9.53. The number of halogens is 1. The van der Waals surface area contributed by atoms with Gasteiger partial charge in [0.25, 0.3) is 11.8 Å². The maximum Gasteiger partial charge on any atom is 0.289 e. The van der Waals surface area contributed by atoms with Crippen LogP contribution in [0.15, 0.2) is 51.6 Å². The third kappa shape index (κ3) is 4.74. The van der Waals surface area contributed by atoms with Gasteiger partial charge >= 0.3 is 0 Å². The third-order valence-electron chi connectivity index (χ3n) is 4.65. The van der Waals surface area contributed by atoms with Gasteiger partial charge in [0, 0.05) is 4.47 Å². The fourth-order valence-corrected chi connectivity index (χ4v) is 3.38. The van der Waals surface area contributed by atoms with Crippen LogP contribution in [-0.2, 0) is 4.79 Å². The Labute approximate surface area is 161 Å². The molecule has 2 amide bonds. The monoisotopic (exact) mass is 420 g/mol. The summed E-state index contributed by atoms with van der Waals surface area (Å²) in [6.45, 7) is 5.17. The summed E-state index contributed by atoms with van der Waals surface area (Å²) in [5.74, 6) is 0.318. The van der Waals surface area contributed by atoms with E-state index in [2.05, 4.69) is 21.2 Å². The fourth-order valence-electron chi connectivity index (χ4n) is 3.11. The molecule has 0 bridgehead atoms. The van der Waals surface area contributed by atoms with Gasteiger partial charge in [0.15, 0.2) is 12.3 Å². The van der Waals surface area contributed by atoms with E-state index in [0.29, 0.717) is 25.4 Å². The average molecular weight is 421 g/mol. The Kier molecular flexibility index (Phi) is 6.11. The minimum Gasteiger partial charge on any atom is -0.459 e. The van der Waals surface area contributed by atoms with Crippen molar-refractivity contribution in [2.24, 2.45) is 0 Å². The summed E-state index contributed by atoms with van der Waals surface area (Å²) in [5.41, 5.74) is 1.07. The Bertz CT molecular complexity index is 738. The summed E-state index contributed by atoms with van der Waals surface area (Å²) in [6, 6.07) is 11.3. The van der Waals surface area contributed by atoms with E-state index in [-0.39, 0.29) is 17.9 Å². The van der Waals surface area contributed by atoms with E-state index < -0.39 is 0 Å². The van der Waals surface area contributed by atoms with Crippen molar-refractivity contribution >= 4 is 27.7 Å². The second-order valence-corrected chi connectivity index (χ2v) is 7.45. The van der Waals surface area contributed by atoms with Gasteiger partial charge in [0.05, 0.1) is 38.5 Å². The summed E-state index contributed by atoms with van der Waals surface area (Å²) >= 11 is 3.41. The molecule has 2 N–H and O–H groups in total. The number of nitrogens with one attached hydrogen (secondary N) is 2. The third-order valence-corrected chi connectivity index (χ3v) is 5.18. The number of hydrogen-bond acceptors (Lipinski definition) is 3. The van der Waals surface area contributed by atoms with Gasteiger partial charge in [-0.2, -0.15) is 0 Å². The van der Waals surface area contributed by atoms with Gasteiger partial charge in [-0.05, 0) is 36.8 Å². The van der Waals surface area contributed by atoms with Gasteiger partial charge in [-0.1, -0.05) is 28.1 Å². The van der Waals surface area contributed by atoms with Gasteiger partial charge in [-0.3, -0.25) is 9.59 Å². The second-order valence-electron chi connectivity index (χ2n) is 6.54. The number of piperazine rings is 1. The zero-order chi connectivity index (χ0) is 18.5. The Morgan fingerprint density at radius 2 is 1.92 bits per heavy atom. The molecule has 3 rings (SSSR count). The molecule has 1 fully saturated rings. The van der Waals surface area contributed by atoms with Gasteiger partial charge in [-0.15, -0.1) is 0 Å². The molecule has 0 saturated carbocycles. The Hall–Kier alpha value is -2.12. The Balaban J connectivity index is 1.44. The molecule has 1 aromatic carbocycles. The predicted molar refractivity (Wildman–Crippen MR) is 101 cm³/mol. The van der Waals surface area contributed by atoms with E-state index in [1.807, 2.05) is 31.2 Å². The highest BCUT2D eigenvalue weighted by Crippen LogP contribution is 2.16. The van der Waals surface area contributed by atoms with Crippen LogP contribution in [0.3, 0.4) is 0 Å². The molecule has 138 valence electrons. The van der Waals surface area contributed by atoms with Crippen molar-refractivity contribution in [1.82, 2.24) is 10.2 Å². The Morgan fingerprint density at radius 1 is 1.23 bits per heavy atom. The lowest BCUT2D eigenvalue weighted by Gasteiger charge is -2.31. The number of hydrogen-bond donors (Lipinski definition) is 2. The highest BCUT2D eigenvalue weighted by Gasteiger charge is 2.27. The summed E-state index contributed by atoms with van der Waals surface area (Å²) in [5, 5.41) is 3.05. The van der Waals surface area contributed by atoms with Crippen LogP contribution in [0.1, 0.15) is 29.1 Å². The summed E-state index contributed by atoms with van der Waals surface area (Å²) in [7, 11) is 0. The molecule has 1 aliphatic rings. The zero-order valence-corrected chi connectivity index (χ0v) is 16.3. The van der Waals surface area contributed by atoms with Crippen molar-refractivity contribution in [2.45, 2.75) is 13.0 Å². The van der Waals surface area contributed by atoms with E-state index >= 15 is 0 Å². The molecule has 0 unspecified atom stereocenters. The van der Waals surface area contributed by atoms with Crippen LogP contribution < -0.4 is 10.2 Å². The second kappa shape index (κ2) is 8.51. The maximum atomic E-state index is 12.3. The first kappa shape index (κ1) is 18.7. The number of carbonyl (C=O) groups excluding carboxylic acids is 2. The van der Waals surface area contributed by atoms with E-state index in [1.165, 1.54) is 11.2 Å². The van der Waals surface area contributed by atoms with Crippen molar-refractivity contribution < 1.29 is 18.9 Å². The van der Waals surface area contributed by atoms with Crippen LogP contribution in [0, 0.1) is 0 Å². The number of benzene rings is 1. The lowest BCUT2D eigenvalue weighted by molar-refractivity contribution is -0.896. The van der Waals surface area contributed by atoms with Crippen LogP contribution in [0.5, 0.6) is 0 Å². The van der Waals surface area contributed by atoms with Crippen LogP contribution in [0.25, 0.3) is 0 Å². The van der Waals surface area contributed by atoms with Gasteiger partial charge in [0.1, 0.15) is 0 Å². The molecule has 6 nitrogen and oxygen atoms in total. The maximum absolute atomic E-state index is 12.3. The molecule has 1 aliphatic heterocycles. The van der Waals surface area contributed by atoms with Crippen LogP contribution in [0.2, 0.25) is 0 Å². The van der Waals surface area contributed by atoms with Crippen molar-refractivity contribution in [2.75, 3.05) is 32.7 Å². The first-order valence-electron chi connectivity index (χ1n) is 8.74. The molecule has 1 saturated heterocycles. The average Bonchev–Trinajstić information content (AvgIpc) is 3.17. The number of quaternary nitrogens is 1. The van der Waals surface area contributed by atoms with Crippen molar-refractivity contribution in [3.63, 3.8) is 0 Å². The van der Waals surface area contributed by atoms with Crippen molar-refractivity contribution in [3.8, 4) is 0 Å². The first-order chi connectivity index (χ1) is 12.5. The normalized spacial score (nSPS) is 16.3. The molecular weight excluding hydrogens is 398 g/mol. The molecule has 1 atom stereocenters. The van der Waals surface area contributed by atoms with E-state index in [1.54, 1.807) is 17.0 Å². The lowest BCUT2D eigenvalue weighted by Crippen LogP contribution is -3.15. The zero-order valence-electron chi connectivity index (χ0n) is 14.7. The molecule has 26 heavy (non-hydrogen) atoms. The fraction of sp³-hybridized carbons (Fsp3) is 0.368. The highest BCUT2D eigenvalue weighted by atomic mass is 79.9. The summed E-state index contributed by atoms with van der Waals surface area (Å²) in [6.07, 6.45) is 1.51. The molecule has 0 spiro atoms. The molecule has 2 aromatic rings. The van der Waals surface area contributed by atoms with E-state index in [9.17, 15) is 9.59 Å². The van der Waals surface area contributed by atoms with Gasteiger partial charge in [-0.25, -0.2) is 0 Å². The smallest absolute Gasteiger partial charge is 0.289 e. The van der Waals surface area contributed by atoms with Crippen LogP contribution in [0.4, 0.5) is 0 Å². The number of furan rings is 1. The SMILES string of the molecule is C[C@@H](NC(=O)C[NH+]1CCN(C(=O)c2ccco2)CC1)c1ccc(Br)cc1. The van der Waals surface area contributed by atoms with E-state index in [4.69, 9.17) is 4.42 Å². The molecular formula is C19H23BrN3O3+. The minimum atomic E-state index is -0.0811. The summed E-state index contributed by atoms with van der Waals surface area (Å²) < 4.78 is 6.19. The lowest BCUT2D eigenvalue weighted by atomic mass is 10.1. The largest absolute Gasteiger partial charge is 0.459 e. The van der Waals surface area contributed by atoms with Gasteiger partial charge < -0.3 is 19.5 Å². The molecule has 1 aromatic heterocycles. The number of rotatable bonds is 5. The van der Waals surface area contributed by atoms with E-state index in [0.717, 1.165) is 23.1 Å². The summed E-state index contributed by atoms with van der Waals surface area (Å²) in [4.78, 5) is 27.6. The van der Waals surface area contributed by atoms with Gasteiger partial charge in [0.2, 0.25) is 0 Å². The van der Waals surface area contributed by atoms with Crippen LogP contribution in [-0.4, -0.2) is 49.4 Å².